The number of nitrogens with one attached hydrogen (secondary N) is 1. The number of allylic oxidation sites excluding steroid dienone is 4. The fourth-order valence-electron chi connectivity index (χ4n) is 11.9. The zero-order valence-corrected chi connectivity index (χ0v) is 35.8. The van der Waals surface area contributed by atoms with Gasteiger partial charge in [-0.3, -0.25) is 0 Å². The first-order valence-corrected chi connectivity index (χ1v) is 32.1. The second-order valence-corrected chi connectivity index (χ2v) is 40.5. The second-order valence-electron chi connectivity index (χ2n) is 17.4. The number of benzene rings is 4. The average Bonchev–Trinajstić information content (AvgIpc) is 3.26. The van der Waals surface area contributed by atoms with Gasteiger partial charge in [0, 0.05) is 0 Å². The summed E-state index contributed by atoms with van der Waals surface area (Å²) in [7, 11) is -2.12. The SMILES string of the molecule is CC1=C(C)C(C)[C]([Zr]([NH]C23CC4(C)CC(C)(CC(C)(C4)C2)C3)[GeH]([c]2ccccc2)[c]2ccccc2)=C1C.c1ccc(-c2ccccc2)cc1. The molecule has 0 aromatic heterocycles. The van der Waals surface area contributed by atoms with Crippen molar-refractivity contribution in [1.82, 2.24) is 3.26 Å². The quantitative estimate of drug-likeness (QED) is 0.184. The summed E-state index contributed by atoms with van der Waals surface area (Å²) in [6.07, 6.45) is 8.53. The van der Waals surface area contributed by atoms with Crippen molar-refractivity contribution >= 4 is 19.4 Å². The molecule has 4 fully saturated rings. The van der Waals surface area contributed by atoms with Crippen molar-refractivity contribution in [2.75, 3.05) is 0 Å². The molecule has 4 saturated carbocycles. The summed E-state index contributed by atoms with van der Waals surface area (Å²) in [5, 5.41) is 0. The van der Waals surface area contributed by atoms with Crippen molar-refractivity contribution in [2.45, 2.75) is 92.5 Å². The van der Waals surface area contributed by atoms with Crippen LogP contribution in [0, 0.1) is 22.2 Å². The van der Waals surface area contributed by atoms with E-state index in [0.717, 1.165) is 0 Å². The van der Waals surface area contributed by atoms with E-state index in [1.165, 1.54) is 49.7 Å². The maximum atomic E-state index is 4.87. The Morgan fingerprint density at radius 3 is 1.24 bits per heavy atom. The first kappa shape index (κ1) is 35.2. The molecule has 1 unspecified atom stereocenters. The van der Waals surface area contributed by atoms with Gasteiger partial charge in [0.1, 0.15) is 0 Å². The Hall–Kier alpha value is -2.25. The maximum Gasteiger partial charge on any atom is -0.0184 e. The number of hydrogen-bond donors (Lipinski definition) is 1. The molecule has 9 rings (SSSR count). The number of hydrogen-bond acceptors (Lipinski definition) is 1. The molecule has 1 N–H and O–H groups in total. The van der Waals surface area contributed by atoms with Crippen molar-refractivity contribution in [2.24, 2.45) is 22.2 Å². The average molecular weight is 787 g/mol. The molecule has 0 saturated heterocycles. The minimum Gasteiger partial charge on any atom is -0.0622 e. The molecule has 0 spiro atoms. The van der Waals surface area contributed by atoms with Crippen LogP contribution in [-0.4, -0.2) is 16.1 Å². The van der Waals surface area contributed by atoms with Crippen molar-refractivity contribution in [1.29, 1.82) is 0 Å². The van der Waals surface area contributed by atoms with Crippen LogP contribution in [-0.2, 0) is 19.5 Å². The van der Waals surface area contributed by atoms with Crippen LogP contribution < -0.4 is 12.1 Å². The Morgan fingerprint density at radius 2 is 0.898 bits per heavy atom. The zero-order chi connectivity index (χ0) is 34.4. The third-order valence-electron chi connectivity index (χ3n) is 12.6. The van der Waals surface area contributed by atoms with E-state index in [-0.39, 0.29) is 0 Å². The predicted octanol–water partition coefficient (Wildman–Crippen LogP) is 10.4. The van der Waals surface area contributed by atoms with E-state index in [0.29, 0.717) is 27.7 Å². The molecule has 5 aliphatic carbocycles. The Morgan fingerprint density at radius 1 is 0.531 bits per heavy atom. The van der Waals surface area contributed by atoms with Crippen molar-refractivity contribution in [3.63, 3.8) is 0 Å². The Labute approximate surface area is 307 Å². The zero-order valence-electron chi connectivity index (χ0n) is 30.9. The molecule has 5 aliphatic rings. The second kappa shape index (κ2) is 13.7. The first-order chi connectivity index (χ1) is 23.4. The van der Waals surface area contributed by atoms with Crippen LogP contribution in [0.5, 0.6) is 0 Å². The Balaban J connectivity index is 0.000000265. The molecule has 0 aliphatic heterocycles. The van der Waals surface area contributed by atoms with Gasteiger partial charge in [-0.05, 0) is 11.1 Å². The van der Waals surface area contributed by atoms with Gasteiger partial charge in [-0.25, -0.2) is 0 Å². The summed E-state index contributed by atoms with van der Waals surface area (Å²) in [6, 6.07) is 44.4. The smallest absolute Gasteiger partial charge is 0.0184 e. The van der Waals surface area contributed by atoms with E-state index in [1.807, 2.05) is 15.4 Å². The minimum absolute atomic E-state index is 0.340. The van der Waals surface area contributed by atoms with Crippen LogP contribution in [0.1, 0.15) is 87.0 Å². The molecule has 253 valence electrons. The molecule has 4 aromatic rings. The molecule has 0 amide bonds. The Bertz CT molecular complexity index is 1700. The summed E-state index contributed by atoms with van der Waals surface area (Å²) >= 11 is -2.35. The van der Waals surface area contributed by atoms with E-state index < -0.39 is 30.1 Å². The van der Waals surface area contributed by atoms with Gasteiger partial charge in [0.15, 0.2) is 0 Å². The van der Waals surface area contributed by atoms with E-state index in [9.17, 15) is 0 Å². The molecular weight excluding hydrogens is 730 g/mol. The van der Waals surface area contributed by atoms with E-state index in [1.54, 1.807) is 25.5 Å². The predicted molar refractivity (Wildman–Crippen MR) is 209 cm³/mol. The minimum atomic E-state index is -2.35. The van der Waals surface area contributed by atoms with Crippen LogP contribution in [0.25, 0.3) is 11.1 Å². The maximum absolute atomic E-state index is 4.87. The van der Waals surface area contributed by atoms with Gasteiger partial charge >= 0.3 is 238 Å². The fraction of sp³-hybridized carbons (Fsp3) is 0.391. The van der Waals surface area contributed by atoms with Gasteiger partial charge in [0.2, 0.25) is 0 Å². The van der Waals surface area contributed by atoms with Crippen LogP contribution in [0.2, 0.25) is 0 Å². The molecule has 4 bridgehead atoms. The molecule has 1 atom stereocenters. The topological polar surface area (TPSA) is 12.0 Å². The van der Waals surface area contributed by atoms with E-state index >= 15 is 0 Å². The van der Waals surface area contributed by atoms with E-state index in [4.69, 9.17) is 3.26 Å². The molecule has 0 heterocycles. The molecule has 49 heavy (non-hydrogen) atoms. The molecule has 0 radical (unpaired) electrons. The van der Waals surface area contributed by atoms with Crippen molar-refractivity contribution in [3.05, 3.63) is 141 Å². The van der Waals surface area contributed by atoms with Crippen molar-refractivity contribution in [3.8, 4) is 11.1 Å². The van der Waals surface area contributed by atoms with E-state index in [2.05, 4.69) is 158 Å². The van der Waals surface area contributed by atoms with Crippen molar-refractivity contribution < 1.29 is 19.5 Å². The van der Waals surface area contributed by atoms with Gasteiger partial charge in [-0.15, -0.1) is 0 Å². The summed E-state index contributed by atoms with van der Waals surface area (Å²) in [6.45, 7) is 17.8. The summed E-state index contributed by atoms with van der Waals surface area (Å²) in [4.78, 5) is 0. The Kier molecular flexibility index (Phi) is 9.84. The fourth-order valence-corrected chi connectivity index (χ4v) is 51.9. The summed E-state index contributed by atoms with van der Waals surface area (Å²) < 4.78 is 10.2. The van der Waals surface area contributed by atoms with Gasteiger partial charge in [-0.1, -0.05) is 60.7 Å². The normalized spacial score (nSPS) is 30.1. The largest absolute Gasteiger partial charge is 0.0622 e. The molecule has 3 heteroatoms. The standard InChI is InChI=1S/C13H22N.C12H11Ge.C12H10.C9H13.Zr/c1-10-4-11(2)6-12(3,5-10)9-13(14,7-10)8-11;1-3-7-11(8-4-1)13-12-9-5-2-6-10-12;1-3-7-11(8-4-1)12-9-5-2-6-10-12;1-6-5-7(2)9(4)8(6)3;/h14H,4-9H2,1-3H3;1-10,13H;1-10H;6H,1-4H3;/q-1;;;;+1. The third-order valence-corrected chi connectivity index (χ3v) is 45.2. The summed E-state index contributed by atoms with van der Waals surface area (Å²) in [5.41, 5.74) is 9.29. The van der Waals surface area contributed by atoms with Gasteiger partial charge < -0.3 is 0 Å². The molecular formula is C46H56GeNZr. The van der Waals surface area contributed by atoms with Gasteiger partial charge in [0.25, 0.3) is 0 Å². The van der Waals surface area contributed by atoms with Gasteiger partial charge in [0.05, 0.1) is 0 Å². The monoisotopic (exact) mass is 786 g/mol. The van der Waals surface area contributed by atoms with Crippen LogP contribution in [0.4, 0.5) is 0 Å². The van der Waals surface area contributed by atoms with Gasteiger partial charge in [-0.2, -0.15) is 0 Å². The van der Waals surface area contributed by atoms with Crippen LogP contribution in [0.15, 0.2) is 141 Å². The molecule has 4 aromatic carbocycles. The number of rotatable bonds is 7. The summed E-state index contributed by atoms with van der Waals surface area (Å²) in [5.74, 6) is 0.609. The van der Waals surface area contributed by atoms with Crippen LogP contribution in [0.3, 0.4) is 0 Å². The third kappa shape index (κ3) is 7.14. The molecule has 1 nitrogen and oxygen atoms in total. The first-order valence-electron chi connectivity index (χ1n) is 18.7. The van der Waals surface area contributed by atoms with Crippen LogP contribution >= 0.6 is 0 Å².